The molecule has 0 aliphatic heterocycles. The quantitative estimate of drug-likeness (QED) is 0.320. The summed E-state index contributed by atoms with van der Waals surface area (Å²) in [6.07, 6.45) is 1.24. The van der Waals surface area contributed by atoms with Crippen LogP contribution >= 0.6 is 35.0 Å². The van der Waals surface area contributed by atoms with Crippen LogP contribution in [-0.2, 0) is 11.2 Å². The third kappa shape index (κ3) is 6.65. The first-order valence-corrected chi connectivity index (χ1v) is 11.0. The first kappa shape index (κ1) is 22.5. The zero-order chi connectivity index (χ0) is 21.5. The fraction of sp³-hybridized carbons (Fsp3) is 0.286. The maximum absolute atomic E-state index is 12.1. The number of carbonyl (C=O) groups is 1. The summed E-state index contributed by atoms with van der Waals surface area (Å²) in [5.41, 5.74) is 3.09. The largest absolute Gasteiger partial charge is 0.492 e. The monoisotopic (exact) mass is 465 g/mol. The molecule has 0 aliphatic rings. The molecular formula is C21H21Cl2N3O3S. The highest BCUT2D eigenvalue weighted by Gasteiger charge is 2.11. The van der Waals surface area contributed by atoms with Crippen LogP contribution in [0.15, 0.2) is 46.0 Å². The Morgan fingerprint density at radius 2 is 1.97 bits per heavy atom. The summed E-state index contributed by atoms with van der Waals surface area (Å²) in [4.78, 5) is 12.1. The Bertz CT molecular complexity index is 1030. The molecular weight excluding hydrogens is 445 g/mol. The minimum atomic E-state index is -0.128. The summed E-state index contributed by atoms with van der Waals surface area (Å²) in [6.45, 7) is 4.49. The molecule has 0 bridgehead atoms. The van der Waals surface area contributed by atoms with Crippen LogP contribution in [-0.4, -0.2) is 28.5 Å². The number of hydrogen-bond acceptors (Lipinski definition) is 6. The molecule has 0 aliphatic carbocycles. The summed E-state index contributed by atoms with van der Waals surface area (Å²) >= 11 is 13.1. The molecule has 3 rings (SSSR count). The van der Waals surface area contributed by atoms with Crippen molar-refractivity contribution in [3.8, 4) is 5.75 Å². The van der Waals surface area contributed by atoms with Gasteiger partial charge in [0.1, 0.15) is 5.75 Å². The molecule has 0 saturated heterocycles. The SMILES string of the molecule is Cc1ccc(NC(=O)CSc2nnc(CCCOc3ccc(Cl)cc3Cl)o2)cc1C. The third-order valence-electron chi connectivity index (χ3n) is 4.25. The van der Waals surface area contributed by atoms with Gasteiger partial charge in [0.2, 0.25) is 11.8 Å². The van der Waals surface area contributed by atoms with E-state index in [-0.39, 0.29) is 11.7 Å². The minimum Gasteiger partial charge on any atom is -0.492 e. The van der Waals surface area contributed by atoms with Crippen LogP contribution in [0.2, 0.25) is 10.0 Å². The van der Waals surface area contributed by atoms with Crippen molar-refractivity contribution in [1.82, 2.24) is 10.2 Å². The van der Waals surface area contributed by atoms with E-state index in [9.17, 15) is 4.79 Å². The van der Waals surface area contributed by atoms with Crippen molar-refractivity contribution in [2.75, 3.05) is 17.7 Å². The van der Waals surface area contributed by atoms with Crippen LogP contribution < -0.4 is 10.1 Å². The van der Waals surface area contributed by atoms with Gasteiger partial charge in [-0.2, -0.15) is 0 Å². The predicted octanol–water partition coefficient (Wildman–Crippen LogP) is 5.74. The Hall–Kier alpha value is -2.22. The summed E-state index contributed by atoms with van der Waals surface area (Å²) in [5.74, 6) is 1.14. The van der Waals surface area contributed by atoms with E-state index in [1.807, 2.05) is 32.0 Å². The summed E-state index contributed by atoms with van der Waals surface area (Å²) in [6, 6.07) is 10.9. The van der Waals surface area contributed by atoms with Gasteiger partial charge in [-0.25, -0.2) is 0 Å². The van der Waals surface area contributed by atoms with Crippen LogP contribution in [0, 0.1) is 13.8 Å². The lowest BCUT2D eigenvalue weighted by atomic mass is 10.1. The number of amides is 1. The fourth-order valence-corrected chi connectivity index (χ4v) is 3.58. The highest BCUT2D eigenvalue weighted by molar-refractivity contribution is 7.99. The van der Waals surface area contributed by atoms with E-state index < -0.39 is 0 Å². The van der Waals surface area contributed by atoms with Crippen LogP contribution in [0.25, 0.3) is 0 Å². The molecule has 158 valence electrons. The summed E-state index contributed by atoms with van der Waals surface area (Å²) in [7, 11) is 0. The van der Waals surface area contributed by atoms with Crippen LogP contribution in [0.5, 0.6) is 5.75 Å². The highest BCUT2D eigenvalue weighted by Crippen LogP contribution is 2.27. The van der Waals surface area contributed by atoms with Gasteiger partial charge in [-0.1, -0.05) is 41.0 Å². The van der Waals surface area contributed by atoms with Gasteiger partial charge in [0.15, 0.2) is 0 Å². The van der Waals surface area contributed by atoms with Gasteiger partial charge >= 0.3 is 0 Å². The lowest BCUT2D eigenvalue weighted by molar-refractivity contribution is -0.113. The van der Waals surface area contributed by atoms with Crippen LogP contribution in [0.3, 0.4) is 0 Å². The molecule has 6 nitrogen and oxygen atoms in total. The number of halogens is 2. The number of rotatable bonds is 9. The molecule has 2 aromatic carbocycles. The van der Waals surface area contributed by atoms with Gasteiger partial charge in [-0.05, 0) is 61.7 Å². The van der Waals surface area contributed by atoms with E-state index in [1.54, 1.807) is 18.2 Å². The minimum absolute atomic E-state index is 0.128. The molecule has 3 aromatic rings. The van der Waals surface area contributed by atoms with Gasteiger partial charge in [-0.3, -0.25) is 4.79 Å². The van der Waals surface area contributed by atoms with E-state index in [4.69, 9.17) is 32.4 Å². The zero-order valence-electron chi connectivity index (χ0n) is 16.6. The van der Waals surface area contributed by atoms with Gasteiger partial charge in [0.25, 0.3) is 5.22 Å². The number of hydrogen-bond donors (Lipinski definition) is 1. The molecule has 1 heterocycles. The van der Waals surface area contributed by atoms with Crippen LogP contribution in [0.4, 0.5) is 5.69 Å². The maximum Gasteiger partial charge on any atom is 0.277 e. The van der Waals surface area contributed by atoms with Gasteiger partial charge in [0, 0.05) is 17.1 Å². The highest BCUT2D eigenvalue weighted by atomic mass is 35.5. The number of thioether (sulfide) groups is 1. The topological polar surface area (TPSA) is 77.2 Å². The predicted molar refractivity (Wildman–Crippen MR) is 120 cm³/mol. The summed E-state index contributed by atoms with van der Waals surface area (Å²) < 4.78 is 11.2. The molecule has 0 radical (unpaired) electrons. The maximum atomic E-state index is 12.1. The standard InChI is InChI=1S/C21H21Cl2N3O3S/c1-13-5-7-16(10-14(13)2)24-19(27)12-30-21-26-25-20(29-21)4-3-9-28-18-8-6-15(22)11-17(18)23/h5-8,10-11H,3-4,9,12H2,1-2H3,(H,24,27). The normalized spacial score (nSPS) is 10.8. The number of anilines is 1. The van der Waals surface area contributed by atoms with Gasteiger partial charge in [-0.15, -0.1) is 10.2 Å². The Morgan fingerprint density at radius 3 is 2.73 bits per heavy atom. The first-order chi connectivity index (χ1) is 14.4. The molecule has 9 heteroatoms. The van der Waals surface area contributed by atoms with Gasteiger partial charge < -0.3 is 14.5 Å². The summed E-state index contributed by atoms with van der Waals surface area (Å²) in [5, 5.41) is 12.2. The number of aromatic nitrogens is 2. The van der Waals surface area contributed by atoms with Crippen molar-refractivity contribution in [2.45, 2.75) is 31.9 Å². The van der Waals surface area contributed by atoms with Gasteiger partial charge in [0.05, 0.1) is 17.4 Å². The third-order valence-corrected chi connectivity index (χ3v) is 5.60. The Balaban J connectivity index is 1.39. The smallest absolute Gasteiger partial charge is 0.277 e. The molecule has 30 heavy (non-hydrogen) atoms. The fourth-order valence-electron chi connectivity index (χ4n) is 2.54. The number of aryl methyl sites for hydroxylation is 3. The van der Waals surface area contributed by atoms with E-state index in [1.165, 1.54) is 17.3 Å². The zero-order valence-corrected chi connectivity index (χ0v) is 18.9. The average Bonchev–Trinajstić information content (AvgIpc) is 3.16. The molecule has 0 spiro atoms. The molecule has 0 unspecified atom stereocenters. The number of nitrogens with one attached hydrogen (secondary N) is 1. The van der Waals surface area contributed by atoms with Crippen molar-refractivity contribution < 1.29 is 13.9 Å². The average molecular weight is 466 g/mol. The second-order valence-electron chi connectivity index (χ2n) is 6.62. The molecule has 0 saturated carbocycles. The van der Waals surface area contributed by atoms with Crippen molar-refractivity contribution in [3.05, 3.63) is 63.5 Å². The van der Waals surface area contributed by atoms with Crippen LogP contribution in [0.1, 0.15) is 23.4 Å². The van der Waals surface area contributed by atoms with E-state index >= 15 is 0 Å². The second kappa shape index (κ2) is 10.7. The van der Waals surface area contributed by atoms with E-state index in [2.05, 4.69) is 15.5 Å². The van der Waals surface area contributed by atoms with Crippen molar-refractivity contribution in [1.29, 1.82) is 0 Å². The molecule has 1 amide bonds. The Morgan fingerprint density at radius 1 is 1.13 bits per heavy atom. The Labute approximate surface area is 189 Å². The lowest BCUT2D eigenvalue weighted by Gasteiger charge is -2.07. The van der Waals surface area contributed by atoms with Crippen molar-refractivity contribution >= 4 is 46.6 Å². The molecule has 1 N–H and O–H groups in total. The number of carbonyl (C=O) groups excluding carboxylic acids is 1. The second-order valence-corrected chi connectivity index (χ2v) is 8.39. The molecule has 1 aromatic heterocycles. The first-order valence-electron chi connectivity index (χ1n) is 9.31. The van der Waals surface area contributed by atoms with Crippen molar-refractivity contribution in [3.63, 3.8) is 0 Å². The Kier molecular flexibility index (Phi) is 8.01. The van der Waals surface area contributed by atoms with Crippen molar-refractivity contribution in [2.24, 2.45) is 0 Å². The number of nitrogens with zero attached hydrogens (tertiary/aromatic N) is 2. The molecule has 0 fully saturated rings. The van der Waals surface area contributed by atoms with E-state index in [0.29, 0.717) is 46.4 Å². The number of ether oxygens (including phenoxy) is 1. The van der Waals surface area contributed by atoms with E-state index in [0.717, 1.165) is 11.3 Å². The lowest BCUT2D eigenvalue weighted by Crippen LogP contribution is -2.14. The number of benzene rings is 2. The molecule has 0 atom stereocenters.